The van der Waals surface area contributed by atoms with Crippen LogP contribution in [0.3, 0.4) is 0 Å². The van der Waals surface area contributed by atoms with E-state index in [9.17, 15) is 5.11 Å². The molecule has 114 valence electrons. The zero-order valence-electron chi connectivity index (χ0n) is 13.7. The fourth-order valence-electron chi connectivity index (χ4n) is 3.11. The lowest BCUT2D eigenvalue weighted by Crippen LogP contribution is -2.44. The van der Waals surface area contributed by atoms with Crippen LogP contribution in [0, 0.1) is 19.3 Å². The quantitative estimate of drug-likeness (QED) is 0.888. The largest absolute Gasteiger partial charge is 0.389 e. The Morgan fingerprint density at radius 3 is 2.30 bits per heavy atom. The van der Waals surface area contributed by atoms with Gasteiger partial charge in [-0.25, -0.2) is 0 Å². The van der Waals surface area contributed by atoms with E-state index < -0.39 is 5.60 Å². The van der Waals surface area contributed by atoms with Gasteiger partial charge in [0.05, 0.1) is 5.60 Å². The first-order chi connectivity index (χ1) is 9.22. The van der Waals surface area contributed by atoms with Gasteiger partial charge in [-0.1, -0.05) is 13.8 Å². The molecule has 20 heavy (non-hydrogen) atoms. The van der Waals surface area contributed by atoms with Crippen molar-refractivity contribution in [3.8, 4) is 0 Å². The summed E-state index contributed by atoms with van der Waals surface area (Å²) in [6, 6.07) is 2.23. The van der Waals surface area contributed by atoms with Crippen LogP contribution < -0.4 is 5.32 Å². The summed E-state index contributed by atoms with van der Waals surface area (Å²) in [7, 11) is 2.10. The second kappa shape index (κ2) is 5.53. The predicted molar refractivity (Wildman–Crippen MR) is 83.8 cm³/mol. The second-order valence-electron chi connectivity index (χ2n) is 7.45. The van der Waals surface area contributed by atoms with E-state index >= 15 is 0 Å². The van der Waals surface area contributed by atoms with Crippen LogP contribution in [0.5, 0.6) is 0 Å². The van der Waals surface area contributed by atoms with Gasteiger partial charge in [-0.3, -0.25) is 0 Å². The molecular weight excluding hydrogens is 248 g/mol. The number of aryl methyl sites for hydroxylation is 1. The number of aliphatic hydroxyl groups is 1. The molecule has 2 N–H and O–H groups in total. The van der Waals surface area contributed by atoms with E-state index in [2.05, 4.69) is 50.7 Å². The van der Waals surface area contributed by atoms with E-state index in [0.29, 0.717) is 12.0 Å². The summed E-state index contributed by atoms with van der Waals surface area (Å²) in [5.41, 5.74) is 3.83. The Hall–Kier alpha value is -0.800. The summed E-state index contributed by atoms with van der Waals surface area (Å²) in [5, 5.41) is 14.1. The van der Waals surface area contributed by atoms with Crippen LogP contribution in [0.1, 0.15) is 56.5 Å². The highest BCUT2D eigenvalue weighted by atomic mass is 16.3. The topological polar surface area (TPSA) is 37.2 Å². The summed E-state index contributed by atoms with van der Waals surface area (Å²) < 4.78 is 2.22. The molecule has 1 aromatic heterocycles. The molecule has 0 saturated heterocycles. The van der Waals surface area contributed by atoms with Crippen LogP contribution in [0.4, 0.5) is 0 Å². The third-order valence-corrected chi connectivity index (χ3v) is 5.18. The van der Waals surface area contributed by atoms with Gasteiger partial charge in [-0.05, 0) is 56.6 Å². The second-order valence-corrected chi connectivity index (χ2v) is 7.45. The maximum absolute atomic E-state index is 10.6. The third-order valence-electron chi connectivity index (χ3n) is 5.18. The maximum atomic E-state index is 10.6. The van der Waals surface area contributed by atoms with Crippen molar-refractivity contribution >= 4 is 0 Å². The summed E-state index contributed by atoms with van der Waals surface area (Å²) >= 11 is 0. The van der Waals surface area contributed by atoms with Gasteiger partial charge >= 0.3 is 0 Å². The summed E-state index contributed by atoms with van der Waals surface area (Å²) in [6.07, 6.45) is 4.07. The fourth-order valence-corrected chi connectivity index (χ4v) is 3.11. The lowest BCUT2D eigenvalue weighted by molar-refractivity contribution is -0.0245. The lowest BCUT2D eigenvalue weighted by atomic mass is 9.71. The molecule has 1 saturated carbocycles. The SMILES string of the molecule is Cc1cc(CNCC2(O)CCC(C)(C)CC2)c(C)n1C. The number of nitrogens with one attached hydrogen (secondary N) is 1. The van der Waals surface area contributed by atoms with Gasteiger partial charge in [0.25, 0.3) is 0 Å². The molecule has 0 spiro atoms. The van der Waals surface area contributed by atoms with Gasteiger partial charge < -0.3 is 15.0 Å². The monoisotopic (exact) mass is 278 g/mol. The minimum atomic E-state index is -0.507. The molecule has 1 aromatic rings. The Bertz CT molecular complexity index is 464. The Labute approximate surface area is 123 Å². The minimum absolute atomic E-state index is 0.402. The van der Waals surface area contributed by atoms with Gasteiger partial charge in [0, 0.05) is 31.5 Å². The van der Waals surface area contributed by atoms with Crippen molar-refractivity contribution in [2.45, 2.75) is 65.5 Å². The van der Waals surface area contributed by atoms with Crippen LogP contribution in [0.15, 0.2) is 6.07 Å². The molecule has 0 bridgehead atoms. The summed E-state index contributed by atoms with van der Waals surface area (Å²) in [6.45, 7) is 10.4. The molecule has 3 heteroatoms. The molecular formula is C17H30N2O. The molecule has 3 nitrogen and oxygen atoms in total. The molecule has 0 amide bonds. The predicted octanol–water partition coefficient (Wildman–Crippen LogP) is 3.06. The molecule has 1 heterocycles. The number of nitrogens with zero attached hydrogens (tertiary/aromatic N) is 1. The van der Waals surface area contributed by atoms with E-state index in [-0.39, 0.29) is 0 Å². The molecule has 0 aromatic carbocycles. The highest BCUT2D eigenvalue weighted by Gasteiger charge is 2.36. The van der Waals surface area contributed by atoms with Crippen molar-refractivity contribution in [1.82, 2.24) is 9.88 Å². The molecule has 1 aliphatic rings. The number of aromatic nitrogens is 1. The maximum Gasteiger partial charge on any atom is 0.0772 e. The average Bonchev–Trinajstić information content (AvgIpc) is 2.62. The Balaban J connectivity index is 1.85. The van der Waals surface area contributed by atoms with Gasteiger partial charge in [-0.15, -0.1) is 0 Å². The van der Waals surface area contributed by atoms with E-state index in [1.54, 1.807) is 0 Å². The third kappa shape index (κ3) is 3.44. The first-order valence-corrected chi connectivity index (χ1v) is 7.77. The fraction of sp³-hybridized carbons (Fsp3) is 0.765. The molecule has 2 rings (SSSR count). The molecule has 1 fully saturated rings. The highest BCUT2D eigenvalue weighted by Crippen LogP contribution is 2.39. The summed E-state index contributed by atoms with van der Waals surface area (Å²) in [5.74, 6) is 0. The Kier molecular flexibility index (Phi) is 4.31. The van der Waals surface area contributed by atoms with Crippen molar-refractivity contribution in [2.75, 3.05) is 6.54 Å². The Morgan fingerprint density at radius 2 is 1.80 bits per heavy atom. The van der Waals surface area contributed by atoms with Gasteiger partial charge in [-0.2, -0.15) is 0 Å². The van der Waals surface area contributed by atoms with Crippen molar-refractivity contribution in [3.63, 3.8) is 0 Å². The number of rotatable bonds is 4. The van der Waals surface area contributed by atoms with E-state index in [1.807, 2.05) is 0 Å². The summed E-state index contributed by atoms with van der Waals surface area (Å²) in [4.78, 5) is 0. The standard InChI is InChI=1S/C17H30N2O/c1-13-10-15(14(2)19(13)5)11-18-12-17(20)8-6-16(3,4)7-9-17/h10,18,20H,6-9,11-12H2,1-5H3. The van der Waals surface area contributed by atoms with Crippen LogP contribution in [0.2, 0.25) is 0 Å². The minimum Gasteiger partial charge on any atom is -0.389 e. The van der Waals surface area contributed by atoms with Crippen LogP contribution >= 0.6 is 0 Å². The van der Waals surface area contributed by atoms with Crippen molar-refractivity contribution < 1.29 is 5.11 Å². The molecule has 0 radical (unpaired) electrons. The van der Waals surface area contributed by atoms with Crippen LogP contribution in [-0.2, 0) is 13.6 Å². The van der Waals surface area contributed by atoms with Crippen molar-refractivity contribution in [2.24, 2.45) is 12.5 Å². The first kappa shape index (κ1) is 15.6. The van der Waals surface area contributed by atoms with E-state index in [0.717, 1.165) is 32.2 Å². The highest BCUT2D eigenvalue weighted by molar-refractivity contribution is 5.26. The number of hydrogen-bond acceptors (Lipinski definition) is 2. The van der Waals surface area contributed by atoms with Crippen molar-refractivity contribution in [3.05, 3.63) is 23.0 Å². The van der Waals surface area contributed by atoms with Crippen LogP contribution in [0.25, 0.3) is 0 Å². The molecule has 0 aliphatic heterocycles. The van der Waals surface area contributed by atoms with Crippen molar-refractivity contribution in [1.29, 1.82) is 0 Å². The molecule has 0 unspecified atom stereocenters. The number of hydrogen-bond donors (Lipinski definition) is 2. The lowest BCUT2D eigenvalue weighted by Gasteiger charge is -2.40. The zero-order valence-corrected chi connectivity index (χ0v) is 13.7. The Morgan fingerprint density at radius 1 is 1.20 bits per heavy atom. The first-order valence-electron chi connectivity index (χ1n) is 7.77. The average molecular weight is 278 g/mol. The molecule has 0 atom stereocenters. The van der Waals surface area contributed by atoms with Gasteiger partial charge in [0.2, 0.25) is 0 Å². The zero-order chi connectivity index (χ0) is 15.0. The molecule has 1 aliphatic carbocycles. The van der Waals surface area contributed by atoms with Gasteiger partial charge in [0.15, 0.2) is 0 Å². The normalized spacial score (nSPS) is 21.1. The smallest absolute Gasteiger partial charge is 0.0772 e. The van der Waals surface area contributed by atoms with Crippen LogP contribution in [-0.4, -0.2) is 21.8 Å². The van der Waals surface area contributed by atoms with Gasteiger partial charge in [0.1, 0.15) is 0 Å². The van der Waals surface area contributed by atoms with E-state index in [4.69, 9.17) is 0 Å². The van der Waals surface area contributed by atoms with E-state index in [1.165, 1.54) is 17.0 Å².